The number of nitrogens with one attached hydrogen (secondary N) is 2. The van der Waals surface area contributed by atoms with Crippen molar-refractivity contribution < 1.29 is 9.59 Å². The minimum atomic E-state index is -0.354. The number of hydrogen-bond donors (Lipinski definition) is 2. The molecule has 1 spiro atoms. The number of anilines is 1. The molecule has 0 aliphatic carbocycles. The number of rotatable bonds is 2. The van der Waals surface area contributed by atoms with Crippen LogP contribution in [0, 0.1) is 12.3 Å². The van der Waals surface area contributed by atoms with Crippen molar-refractivity contribution >= 4 is 28.4 Å². The topological polar surface area (TPSA) is 79.3 Å². The van der Waals surface area contributed by atoms with Gasteiger partial charge in [-0.3, -0.25) is 19.6 Å². The Morgan fingerprint density at radius 2 is 1.93 bits per heavy atom. The first-order valence-corrected chi connectivity index (χ1v) is 10.2. The number of amides is 2. The summed E-state index contributed by atoms with van der Waals surface area (Å²) in [6.07, 6.45) is 3.38. The maximum absolute atomic E-state index is 12.4. The monoisotopic (exact) mass is 381 g/mol. The van der Waals surface area contributed by atoms with E-state index in [2.05, 4.69) is 39.7 Å². The average Bonchev–Trinajstić information content (AvgIpc) is 2.95. The second-order valence-corrected chi connectivity index (χ2v) is 8.76. The Kier molecular flexibility index (Phi) is 3.98. The smallest absolute Gasteiger partial charge is 0.235 e. The first kappa shape index (κ1) is 17.7. The van der Waals surface area contributed by atoms with E-state index in [4.69, 9.17) is 0 Å². The van der Waals surface area contributed by atoms with E-state index in [1.165, 1.54) is 24.1 Å². The summed E-state index contributed by atoms with van der Waals surface area (Å²) in [4.78, 5) is 26.4. The molecule has 1 atom stereocenters. The quantitative estimate of drug-likeness (QED) is 0.773. The molecule has 0 saturated carbocycles. The minimum Gasteiger partial charge on any atom is -0.371 e. The van der Waals surface area contributed by atoms with Gasteiger partial charge >= 0.3 is 0 Å². The van der Waals surface area contributed by atoms with Crippen LogP contribution >= 0.6 is 0 Å². The number of fused-ring (bicyclic) bond motifs is 1. The lowest BCUT2D eigenvalue weighted by atomic mass is 9.73. The van der Waals surface area contributed by atoms with Crippen LogP contribution in [0.3, 0.4) is 0 Å². The Morgan fingerprint density at radius 3 is 2.57 bits per heavy atom. The molecule has 2 aromatic rings. The van der Waals surface area contributed by atoms with Crippen LogP contribution in [0.1, 0.15) is 42.9 Å². The van der Waals surface area contributed by atoms with Gasteiger partial charge in [0, 0.05) is 50.7 Å². The zero-order chi connectivity index (χ0) is 19.5. The summed E-state index contributed by atoms with van der Waals surface area (Å²) in [6, 6.07) is 4.40. The predicted octanol–water partition coefficient (Wildman–Crippen LogP) is 1.59. The molecule has 3 aliphatic rings. The van der Waals surface area contributed by atoms with Crippen molar-refractivity contribution in [3.05, 3.63) is 23.4 Å². The van der Waals surface area contributed by atoms with Gasteiger partial charge in [0.25, 0.3) is 0 Å². The third-order valence-electron chi connectivity index (χ3n) is 6.93. The number of aromatic nitrogens is 2. The summed E-state index contributed by atoms with van der Waals surface area (Å²) in [5.41, 5.74) is 4.85. The first-order valence-electron chi connectivity index (χ1n) is 10.2. The number of carbonyl (C=O) groups is 2. The SMILES string of the molecule is Cc1cc2c(C3CCC(=O)NC3=O)nn(C)c2cc1N1CCC2(CC1)CNC2. The molecular formula is C21H27N5O2. The van der Waals surface area contributed by atoms with Gasteiger partial charge in [-0.05, 0) is 49.3 Å². The summed E-state index contributed by atoms with van der Waals surface area (Å²) in [6.45, 7) is 6.65. The molecule has 28 heavy (non-hydrogen) atoms. The van der Waals surface area contributed by atoms with Crippen molar-refractivity contribution in [1.82, 2.24) is 20.4 Å². The molecule has 5 rings (SSSR count). The molecule has 1 aromatic heterocycles. The van der Waals surface area contributed by atoms with E-state index in [1.807, 2.05) is 11.7 Å². The maximum atomic E-state index is 12.4. The molecule has 3 saturated heterocycles. The molecule has 3 fully saturated rings. The minimum absolute atomic E-state index is 0.190. The van der Waals surface area contributed by atoms with Gasteiger partial charge in [0.2, 0.25) is 11.8 Å². The van der Waals surface area contributed by atoms with E-state index in [0.717, 1.165) is 42.8 Å². The molecule has 148 valence electrons. The van der Waals surface area contributed by atoms with Crippen molar-refractivity contribution in [2.24, 2.45) is 12.5 Å². The Bertz CT molecular complexity index is 965. The van der Waals surface area contributed by atoms with Gasteiger partial charge in [-0.1, -0.05) is 0 Å². The van der Waals surface area contributed by atoms with E-state index in [9.17, 15) is 9.59 Å². The summed E-state index contributed by atoms with van der Waals surface area (Å²) in [5, 5.41) is 11.6. The van der Waals surface area contributed by atoms with Gasteiger partial charge in [0.05, 0.1) is 17.1 Å². The van der Waals surface area contributed by atoms with Crippen molar-refractivity contribution in [1.29, 1.82) is 0 Å². The molecule has 1 unspecified atom stereocenters. The Balaban J connectivity index is 1.47. The average molecular weight is 381 g/mol. The zero-order valence-electron chi connectivity index (χ0n) is 16.5. The maximum Gasteiger partial charge on any atom is 0.235 e. The fourth-order valence-electron chi connectivity index (χ4n) is 5.03. The van der Waals surface area contributed by atoms with Gasteiger partial charge < -0.3 is 10.2 Å². The third kappa shape index (κ3) is 2.71. The van der Waals surface area contributed by atoms with Crippen LogP contribution in [0.5, 0.6) is 0 Å². The van der Waals surface area contributed by atoms with Crippen LogP contribution in [0.2, 0.25) is 0 Å². The van der Waals surface area contributed by atoms with Gasteiger partial charge in [-0.15, -0.1) is 0 Å². The lowest BCUT2D eigenvalue weighted by Gasteiger charge is -2.49. The Hall–Kier alpha value is -2.41. The van der Waals surface area contributed by atoms with Crippen LogP contribution in [0.25, 0.3) is 10.9 Å². The highest BCUT2D eigenvalue weighted by Gasteiger charge is 2.40. The number of carbonyl (C=O) groups excluding carboxylic acids is 2. The van der Waals surface area contributed by atoms with Gasteiger partial charge in [0.15, 0.2) is 0 Å². The number of hydrogen-bond acceptors (Lipinski definition) is 5. The Labute approximate surface area is 164 Å². The molecule has 2 N–H and O–H groups in total. The van der Waals surface area contributed by atoms with Crippen molar-refractivity contribution in [2.45, 2.75) is 38.5 Å². The zero-order valence-corrected chi connectivity index (χ0v) is 16.5. The van der Waals surface area contributed by atoms with E-state index >= 15 is 0 Å². The van der Waals surface area contributed by atoms with Gasteiger partial charge in [0.1, 0.15) is 0 Å². The Morgan fingerprint density at radius 1 is 1.18 bits per heavy atom. The molecule has 7 heteroatoms. The highest BCUT2D eigenvalue weighted by atomic mass is 16.2. The third-order valence-corrected chi connectivity index (χ3v) is 6.93. The molecule has 0 radical (unpaired) electrons. The van der Waals surface area contributed by atoms with Crippen LogP contribution < -0.4 is 15.5 Å². The lowest BCUT2D eigenvalue weighted by molar-refractivity contribution is -0.134. The number of nitrogens with zero attached hydrogens (tertiary/aromatic N) is 3. The molecule has 0 bridgehead atoms. The number of aryl methyl sites for hydroxylation is 2. The van der Waals surface area contributed by atoms with Crippen LogP contribution in [-0.4, -0.2) is 47.8 Å². The fourth-order valence-corrected chi connectivity index (χ4v) is 5.03. The second-order valence-electron chi connectivity index (χ2n) is 8.76. The fraction of sp³-hybridized carbons (Fsp3) is 0.571. The highest BCUT2D eigenvalue weighted by molar-refractivity contribution is 6.02. The largest absolute Gasteiger partial charge is 0.371 e. The summed E-state index contributed by atoms with van der Waals surface area (Å²) in [7, 11) is 1.93. The molecule has 1 aromatic carbocycles. The predicted molar refractivity (Wildman–Crippen MR) is 107 cm³/mol. The van der Waals surface area contributed by atoms with E-state index in [0.29, 0.717) is 18.3 Å². The number of piperidine rings is 2. The van der Waals surface area contributed by atoms with Crippen LogP contribution in [0.15, 0.2) is 12.1 Å². The second kappa shape index (κ2) is 6.30. The standard InChI is InChI=1S/C21H27N5O2/c1-13-9-15-17(10-16(13)26-7-5-21(6-8-26)11-22-12-21)25(2)24-19(15)14-3-4-18(27)23-20(14)28/h9-10,14,22H,3-8,11-12H2,1-2H3,(H,23,27,28). The molecule has 2 amide bonds. The summed E-state index contributed by atoms with van der Waals surface area (Å²) >= 11 is 0. The van der Waals surface area contributed by atoms with E-state index in [1.54, 1.807) is 0 Å². The van der Waals surface area contributed by atoms with Gasteiger partial charge in [-0.25, -0.2) is 0 Å². The molecule has 7 nitrogen and oxygen atoms in total. The summed E-state index contributed by atoms with van der Waals surface area (Å²) < 4.78 is 1.87. The van der Waals surface area contributed by atoms with E-state index in [-0.39, 0.29) is 17.7 Å². The molecule has 4 heterocycles. The van der Waals surface area contributed by atoms with E-state index < -0.39 is 0 Å². The van der Waals surface area contributed by atoms with Crippen LogP contribution in [0.4, 0.5) is 5.69 Å². The highest BCUT2D eigenvalue weighted by Crippen LogP contribution is 2.39. The van der Waals surface area contributed by atoms with Crippen molar-refractivity contribution in [2.75, 3.05) is 31.1 Å². The van der Waals surface area contributed by atoms with Gasteiger partial charge in [-0.2, -0.15) is 5.10 Å². The van der Waals surface area contributed by atoms with Crippen LogP contribution in [-0.2, 0) is 16.6 Å². The lowest BCUT2D eigenvalue weighted by Crippen LogP contribution is -2.58. The summed E-state index contributed by atoms with van der Waals surface area (Å²) in [5.74, 6) is -0.773. The van der Waals surface area contributed by atoms with Crippen molar-refractivity contribution in [3.63, 3.8) is 0 Å². The molecular weight excluding hydrogens is 354 g/mol. The number of benzene rings is 1. The number of imide groups is 1. The van der Waals surface area contributed by atoms with Crippen molar-refractivity contribution in [3.8, 4) is 0 Å². The first-order chi connectivity index (χ1) is 13.5. The molecule has 3 aliphatic heterocycles. The normalized spacial score (nSPS) is 24.5.